The third-order valence-electron chi connectivity index (χ3n) is 7.92. The summed E-state index contributed by atoms with van der Waals surface area (Å²) in [5, 5.41) is 7.79. The minimum atomic E-state index is -0.744. The van der Waals surface area contributed by atoms with E-state index < -0.39 is 6.17 Å². The first kappa shape index (κ1) is 27.1. The summed E-state index contributed by atoms with van der Waals surface area (Å²) in [4.78, 5) is 36.0. The number of nitrogens with zero attached hydrogens (tertiary/aromatic N) is 5. The lowest BCUT2D eigenvalue weighted by atomic mass is 9.94. The standard InChI is InChI=1S/C31H38N8O2/c1-17(2)39-18(3)23(16-33-39)26-35-25-22(13-14-32-27(25)36-26)20-11-12-21-19(15-20)9-7-8-10-24(21)34-29(40)28-37-30(41-38-28)31(4,5)6/h11-17,24,28,38H,7-10H2,1-6H3,(H,34,40)(H,32,35,36). The number of pyridine rings is 1. The van der Waals surface area contributed by atoms with E-state index in [1.807, 2.05) is 43.9 Å². The number of H-pyrrole nitrogens is 1. The number of aromatic nitrogens is 5. The molecule has 6 rings (SSSR count). The highest BCUT2D eigenvalue weighted by atomic mass is 16.7. The van der Waals surface area contributed by atoms with Gasteiger partial charge < -0.3 is 15.1 Å². The van der Waals surface area contributed by atoms with Crippen LogP contribution < -0.4 is 10.8 Å². The zero-order valence-electron chi connectivity index (χ0n) is 24.6. The van der Waals surface area contributed by atoms with E-state index in [-0.39, 0.29) is 23.4 Å². The Morgan fingerprint density at radius 1 is 1.17 bits per heavy atom. The zero-order valence-corrected chi connectivity index (χ0v) is 24.6. The third-order valence-corrected chi connectivity index (χ3v) is 7.92. The molecule has 1 aromatic carbocycles. The highest BCUT2D eigenvalue weighted by molar-refractivity contribution is 5.92. The molecule has 10 nitrogen and oxygen atoms in total. The van der Waals surface area contributed by atoms with Crippen molar-refractivity contribution in [3.8, 4) is 22.5 Å². The number of hydroxylamine groups is 1. The molecule has 2 unspecified atom stereocenters. The van der Waals surface area contributed by atoms with Gasteiger partial charge in [-0.3, -0.25) is 9.48 Å². The van der Waals surface area contributed by atoms with E-state index in [0.29, 0.717) is 11.5 Å². The zero-order chi connectivity index (χ0) is 28.9. The van der Waals surface area contributed by atoms with Crippen LogP contribution in [0.2, 0.25) is 0 Å². The van der Waals surface area contributed by atoms with E-state index in [9.17, 15) is 4.79 Å². The maximum absolute atomic E-state index is 13.1. The molecule has 1 amide bonds. The highest BCUT2D eigenvalue weighted by Gasteiger charge is 2.33. The van der Waals surface area contributed by atoms with Gasteiger partial charge in [-0.05, 0) is 62.8 Å². The predicted molar refractivity (Wildman–Crippen MR) is 159 cm³/mol. The molecule has 3 aromatic heterocycles. The largest absolute Gasteiger partial charge is 0.390 e. The second-order valence-corrected chi connectivity index (χ2v) is 12.4. The second-order valence-electron chi connectivity index (χ2n) is 12.4. The smallest absolute Gasteiger partial charge is 0.263 e. The van der Waals surface area contributed by atoms with Crippen molar-refractivity contribution >= 4 is 23.0 Å². The normalized spacial score (nSPS) is 19.1. The van der Waals surface area contributed by atoms with Crippen molar-refractivity contribution in [2.45, 2.75) is 85.5 Å². The van der Waals surface area contributed by atoms with Crippen LogP contribution in [0, 0.1) is 12.3 Å². The fourth-order valence-electron chi connectivity index (χ4n) is 5.75. The van der Waals surface area contributed by atoms with Gasteiger partial charge in [-0.25, -0.2) is 15.0 Å². The van der Waals surface area contributed by atoms with Crippen molar-refractivity contribution in [2.24, 2.45) is 10.4 Å². The molecule has 41 heavy (non-hydrogen) atoms. The summed E-state index contributed by atoms with van der Waals surface area (Å²) in [6.07, 6.45) is 6.88. The summed E-state index contributed by atoms with van der Waals surface area (Å²) >= 11 is 0. The van der Waals surface area contributed by atoms with Gasteiger partial charge >= 0.3 is 0 Å². The highest BCUT2D eigenvalue weighted by Crippen LogP contribution is 2.35. The predicted octanol–water partition coefficient (Wildman–Crippen LogP) is 5.57. The monoisotopic (exact) mass is 554 g/mol. The number of nitrogens with one attached hydrogen (secondary N) is 3. The Hall–Kier alpha value is -4.05. The number of aryl methyl sites for hydroxylation is 1. The molecule has 4 aromatic rings. The Labute approximate surface area is 240 Å². The van der Waals surface area contributed by atoms with Crippen molar-refractivity contribution in [3.63, 3.8) is 0 Å². The van der Waals surface area contributed by atoms with E-state index in [0.717, 1.165) is 65.0 Å². The van der Waals surface area contributed by atoms with Crippen molar-refractivity contribution in [1.29, 1.82) is 0 Å². The van der Waals surface area contributed by atoms with Crippen molar-refractivity contribution in [2.75, 3.05) is 0 Å². The summed E-state index contributed by atoms with van der Waals surface area (Å²) in [7, 11) is 0. The van der Waals surface area contributed by atoms with Gasteiger partial charge in [-0.1, -0.05) is 45.4 Å². The van der Waals surface area contributed by atoms with E-state index in [2.05, 4.69) is 69.8 Å². The van der Waals surface area contributed by atoms with Gasteiger partial charge in [0.05, 0.1) is 23.3 Å². The number of fused-ring (bicyclic) bond motifs is 2. The summed E-state index contributed by atoms with van der Waals surface area (Å²) in [6.45, 7) is 12.3. The Balaban J connectivity index is 1.29. The number of rotatable bonds is 5. The third kappa shape index (κ3) is 5.12. The fourth-order valence-corrected chi connectivity index (χ4v) is 5.75. The number of benzene rings is 1. The molecule has 0 saturated carbocycles. The minimum Gasteiger partial charge on any atom is -0.390 e. The minimum absolute atomic E-state index is 0.0820. The molecule has 0 saturated heterocycles. The van der Waals surface area contributed by atoms with Gasteiger partial charge in [0.15, 0.2) is 5.65 Å². The van der Waals surface area contributed by atoms with Gasteiger partial charge in [0.2, 0.25) is 12.1 Å². The fraction of sp³-hybridized carbons (Fsp3) is 0.452. The molecule has 2 atom stereocenters. The molecule has 0 spiro atoms. The average Bonchev–Trinajstić information content (AvgIpc) is 3.65. The number of amides is 1. The van der Waals surface area contributed by atoms with Gasteiger partial charge in [0.1, 0.15) is 5.82 Å². The number of aliphatic imine (C=N–C) groups is 1. The molecular weight excluding hydrogens is 516 g/mol. The number of carbonyl (C=O) groups is 1. The average molecular weight is 555 g/mol. The van der Waals surface area contributed by atoms with Crippen molar-refractivity contribution in [3.05, 3.63) is 53.5 Å². The van der Waals surface area contributed by atoms with Crippen LogP contribution >= 0.6 is 0 Å². The molecular formula is C31H38N8O2. The molecule has 0 fully saturated rings. The number of aromatic amines is 1. The van der Waals surface area contributed by atoms with Crippen LogP contribution in [0.5, 0.6) is 0 Å². The number of carbonyl (C=O) groups excluding carboxylic acids is 1. The van der Waals surface area contributed by atoms with Crippen LogP contribution in [0.4, 0.5) is 0 Å². The van der Waals surface area contributed by atoms with Crippen LogP contribution in [0.25, 0.3) is 33.7 Å². The van der Waals surface area contributed by atoms with Crippen LogP contribution in [0.1, 0.15) is 82.8 Å². The first-order valence-corrected chi connectivity index (χ1v) is 14.4. The maximum Gasteiger partial charge on any atom is 0.263 e. The molecule has 1 aliphatic carbocycles. The number of imidazole rings is 1. The molecule has 0 radical (unpaired) electrons. The molecule has 1 aliphatic heterocycles. The second kappa shape index (κ2) is 10.4. The maximum atomic E-state index is 13.1. The molecule has 214 valence electrons. The first-order chi connectivity index (χ1) is 19.6. The van der Waals surface area contributed by atoms with Gasteiger partial charge in [0.25, 0.3) is 5.91 Å². The Morgan fingerprint density at radius 3 is 2.73 bits per heavy atom. The number of hydrogen-bond donors (Lipinski definition) is 3. The van der Waals surface area contributed by atoms with Crippen LogP contribution in [-0.4, -0.2) is 42.7 Å². The topological polar surface area (TPSA) is 122 Å². The first-order valence-electron chi connectivity index (χ1n) is 14.4. The van der Waals surface area contributed by atoms with Crippen LogP contribution in [-0.2, 0) is 16.1 Å². The summed E-state index contributed by atoms with van der Waals surface area (Å²) in [5.41, 5.74) is 10.7. The van der Waals surface area contributed by atoms with E-state index in [1.54, 1.807) is 0 Å². The van der Waals surface area contributed by atoms with Crippen molar-refractivity contribution in [1.82, 2.24) is 35.5 Å². The lowest BCUT2D eigenvalue weighted by Gasteiger charge is -2.21. The Bertz CT molecular complexity index is 1640. The van der Waals surface area contributed by atoms with E-state index >= 15 is 0 Å². The van der Waals surface area contributed by atoms with Crippen molar-refractivity contribution < 1.29 is 9.63 Å². The van der Waals surface area contributed by atoms with E-state index in [1.165, 1.54) is 5.56 Å². The van der Waals surface area contributed by atoms with Gasteiger partial charge in [-0.15, -0.1) is 5.48 Å². The summed E-state index contributed by atoms with van der Waals surface area (Å²) in [5.74, 6) is 1.13. The lowest BCUT2D eigenvalue weighted by molar-refractivity contribution is -0.125. The molecule has 3 N–H and O–H groups in total. The molecule has 2 aliphatic rings. The Morgan fingerprint density at radius 2 is 2.00 bits per heavy atom. The number of hydrogen-bond acceptors (Lipinski definition) is 7. The summed E-state index contributed by atoms with van der Waals surface area (Å²) < 4.78 is 2.00. The van der Waals surface area contributed by atoms with Crippen LogP contribution in [0.15, 0.2) is 41.7 Å². The molecule has 10 heteroatoms. The quantitative estimate of drug-likeness (QED) is 0.277. The Kier molecular flexibility index (Phi) is 6.89. The summed E-state index contributed by atoms with van der Waals surface area (Å²) in [6, 6.07) is 8.76. The van der Waals surface area contributed by atoms with Gasteiger partial charge in [0, 0.05) is 28.9 Å². The molecule has 4 heterocycles. The SMILES string of the molecule is Cc1c(-c2nc3nccc(-c4ccc5c(c4)CCCCC5NC(=O)C4N=C(C(C)(C)C)ON4)c3[nH]2)cnn1C(C)C. The lowest BCUT2D eigenvalue weighted by Crippen LogP contribution is -2.41. The van der Waals surface area contributed by atoms with Crippen LogP contribution in [0.3, 0.4) is 0 Å². The molecule has 0 bridgehead atoms. The van der Waals surface area contributed by atoms with E-state index in [4.69, 9.17) is 9.82 Å². The van der Waals surface area contributed by atoms with Gasteiger partial charge in [-0.2, -0.15) is 5.10 Å².